The second-order valence-corrected chi connectivity index (χ2v) is 7.32. The van der Waals surface area contributed by atoms with E-state index in [9.17, 15) is 9.59 Å². The number of carbonyl (C=O) groups is 1. The van der Waals surface area contributed by atoms with Crippen molar-refractivity contribution in [2.24, 2.45) is 0 Å². The Balaban J connectivity index is 1.78. The summed E-state index contributed by atoms with van der Waals surface area (Å²) in [5.74, 6) is -0.413. The highest BCUT2D eigenvalue weighted by Crippen LogP contribution is 2.18. The molecule has 0 aliphatic heterocycles. The lowest BCUT2D eigenvalue weighted by atomic mass is 10.1. The largest absolute Gasteiger partial charge is 0.322 e. The van der Waals surface area contributed by atoms with Crippen molar-refractivity contribution >= 4 is 22.6 Å². The molecule has 0 bridgehead atoms. The number of pyridine rings is 2. The smallest absolute Gasteiger partial charge is 0.265 e. The first-order valence-corrected chi connectivity index (χ1v) is 10.00. The van der Waals surface area contributed by atoms with Gasteiger partial charge in [-0.05, 0) is 48.7 Å². The molecule has 4 aromatic rings. The standard InChI is InChI=1S/C25H23N3O2/c1-3-19-7-4-5-9-22(19)27-24(29)21-15-20-8-6-14-26-23(20)28(25(21)30)16-18-12-10-17(2)11-13-18/h4-15H,3,16H2,1-2H3,(H,27,29). The molecule has 0 aliphatic carbocycles. The Morgan fingerprint density at radius 3 is 2.57 bits per heavy atom. The van der Waals surface area contributed by atoms with E-state index in [4.69, 9.17) is 0 Å². The van der Waals surface area contributed by atoms with Gasteiger partial charge in [-0.3, -0.25) is 14.2 Å². The zero-order chi connectivity index (χ0) is 21.1. The van der Waals surface area contributed by atoms with Gasteiger partial charge in [-0.1, -0.05) is 55.0 Å². The number of aromatic nitrogens is 2. The van der Waals surface area contributed by atoms with Gasteiger partial charge in [0.15, 0.2) is 0 Å². The monoisotopic (exact) mass is 397 g/mol. The number of para-hydroxylation sites is 1. The van der Waals surface area contributed by atoms with Gasteiger partial charge in [-0.2, -0.15) is 0 Å². The van der Waals surface area contributed by atoms with E-state index in [0.717, 1.165) is 34.2 Å². The lowest BCUT2D eigenvalue weighted by Gasteiger charge is -2.14. The third kappa shape index (κ3) is 3.87. The van der Waals surface area contributed by atoms with Gasteiger partial charge in [-0.25, -0.2) is 4.98 Å². The Hall–Kier alpha value is -3.73. The van der Waals surface area contributed by atoms with E-state index in [1.54, 1.807) is 22.9 Å². The second-order valence-electron chi connectivity index (χ2n) is 7.32. The topological polar surface area (TPSA) is 64.0 Å². The van der Waals surface area contributed by atoms with Gasteiger partial charge < -0.3 is 5.32 Å². The minimum atomic E-state index is -0.413. The molecule has 5 nitrogen and oxygen atoms in total. The molecule has 4 rings (SSSR count). The van der Waals surface area contributed by atoms with Crippen LogP contribution in [0.5, 0.6) is 0 Å². The van der Waals surface area contributed by atoms with E-state index in [1.165, 1.54) is 0 Å². The SMILES string of the molecule is CCc1ccccc1NC(=O)c1cc2cccnc2n(Cc2ccc(C)cc2)c1=O. The van der Waals surface area contributed by atoms with Gasteiger partial charge >= 0.3 is 0 Å². The molecule has 30 heavy (non-hydrogen) atoms. The highest BCUT2D eigenvalue weighted by Gasteiger charge is 2.17. The molecule has 2 heterocycles. The molecule has 1 N–H and O–H groups in total. The van der Waals surface area contributed by atoms with Crippen LogP contribution in [0.4, 0.5) is 5.69 Å². The lowest BCUT2D eigenvalue weighted by molar-refractivity contribution is 0.102. The summed E-state index contributed by atoms with van der Waals surface area (Å²) in [5.41, 5.74) is 4.18. The lowest BCUT2D eigenvalue weighted by Crippen LogP contribution is -2.30. The van der Waals surface area contributed by atoms with E-state index in [0.29, 0.717) is 12.2 Å². The fourth-order valence-electron chi connectivity index (χ4n) is 3.53. The zero-order valence-corrected chi connectivity index (χ0v) is 17.1. The van der Waals surface area contributed by atoms with Crippen molar-refractivity contribution in [3.63, 3.8) is 0 Å². The average molecular weight is 397 g/mol. The molecule has 2 aromatic heterocycles. The Labute approximate surface area is 175 Å². The number of benzene rings is 2. The number of rotatable bonds is 5. The first-order chi connectivity index (χ1) is 14.6. The molecule has 0 atom stereocenters. The Kier molecular flexibility index (Phi) is 5.44. The number of hydrogen-bond acceptors (Lipinski definition) is 3. The molecule has 0 saturated carbocycles. The maximum absolute atomic E-state index is 13.3. The quantitative estimate of drug-likeness (QED) is 0.537. The van der Waals surface area contributed by atoms with Crippen molar-refractivity contribution in [2.75, 3.05) is 5.32 Å². The normalized spacial score (nSPS) is 10.9. The molecule has 0 saturated heterocycles. The maximum atomic E-state index is 13.3. The number of amides is 1. The predicted molar refractivity (Wildman–Crippen MR) is 120 cm³/mol. The van der Waals surface area contributed by atoms with E-state index in [1.807, 2.05) is 68.4 Å². The minimum Gasteiger partial charge on any atom is -0.322 e. The molecular formula is C25H23N3O2. The van der Waals surface area contributed by atoms with Gasteiger partial charge in [0.1, 0.15) is 11.2 Å². The van der Waals surface area contributed by atoms with E-state index >= 15 is 0 Å². The Morgan fingerprint density at radius 1 is 1.03 bits per heavy atom. The number of aryl methyl sites for hydroxylation is 2. The van der Waals surface area contributed by atoms with Crippen LogP contribution in [-0.4, -0.2) is 15.5 Å². The summed E-state index contributed by atoms with van der Waals surface area (Å²) < 4.78 is 1.57. The van der Waals surface area contributed by atoms with Crippen molar-refractivity contribution < 1.29 is 4.79 Å². The molecular weight excluding hydrogens is 374 g/mol. The fourth-order valence-corrected chi connectivity index (χ4v) is 3.53. The molecule has 150 valence electrons. The predicted octanol–water partition coefficient (Wildman–Crippen LogP) is 4.57. The van der Waals surface area contributed by atoms with Gasteiger partial charge in [0, 0.05) is 17.3 Å². The zero-order valence-electron chi connectivity index (χ0n) is 17.1. The van der Waals surface area contributed by atoms with Crippen molar-refractivity contribution in [3.8, 4) is 0 Å². The van der Waals surface area contributed by atoms with Crippen LogP contribution < -0.4 is 10.9 Å². The summed E-state index contributed by atoms with van der Waals surface area (Å²) in [6.07, 6.45) is 2.44. The summed E-state index contributed by atoms with van der Waals surface area (Å²) >= 11 is 0. The van der Waals surface area contributed by atoms with Crippen LogP contribution in [0.3, 0.4) is 0 Å². The van der Waals surface area contributed by atoms with Crippen molar-refractivity contribution in [3.05, 3.63) is 106 Å². The summed E-state index contributed by atoms with van der Waals surface area (Å²) in [6.45, 7) is 4.40. The van der Waals surface area contributed by atoms with Crippen molar-refractivity contribution in [1.82, 2.24) is 9.55 Å². The van der Waals surface area contributed by atoms with E-state index in [2.05, 4.69) is 10.3 Å². The number of anilines is 1. The highest BCUT2D eigenvalue weighted by atomic mass is 16.2. The van der Waals surface area contributed by atoms with Crippen LogP contribution in [0.2, 0.25) is 0 Å². The van der Waals surface area contributed by atoms with Gasteiger partial charge in [0.2, 0.25) is 0 Å². The van der Waals surface area contributed by atoms with Gasteiger partial charge in [0.05, 0.1) is 6.54 Å². The summed E-state index contributed by atoms with van der Waals surface area (Å²) in [5, 5.41) is 3.66. The third-order valence-electron chi connectivity index (χ3n) is 5.20. The van der Waals surface area contributed by atoms with Crippen LogP contribution in [-0.2, 0) is 13.0 Å². The maximum Gasteiger partial charge on any atom is 0.265 e. The molecule has 5 heteroatoms. The molecule has 0 fully saturated rings. The van der Waals surface area contributed by atoms with Crippen LogP contribution in [0.1, 0.15) is 34.0 Å². The van der Waals surface area contributed by atoms with Gasteiger partial charge in [0.25, 0.3) is 11.5 Å². The number of hydrogen-bond donors (Lipinski definition) is 1. The Morgan fingerprint density at radius 2 is 1.80 bits per heavy atom. The number of carbonyl (C=O) groups excluding carboxylic acids is 1. The van der Waals surface area contributed by atoms with Crippen molar-refractivity contribution in [2.45, 2.75) is 26.8 Å². The van der Waals surface area contributed by atoms with Crippen LogP contribution in [0.25, 0.3) is 11.0 Å². The van der Waals surface area contributed by atoms with E-state index < -0.39 is 5.91 Å². The summed E-state index contributed by atoms with van der Waals surface area (Å²) in [4.78, 5) is 30.8. The van der Waals surface area contributed by atoms with Crippen molar-refractivity contribution in [1.29, 1.82) is 0 Å². The van der Waals surface area contributed by atoms with Gasteiger partial charge in [-0.15, -0.1) is 0 Å². The molecule has 0 spiro atoms. The summed E-state index contributed by atoms with van der Waals surface area (Å²) in [7, 11) is 0. The number of nitrogens with zero attached hydrogens (tertiary/aromatic N) is 2. The first kappa shape index (κ1) is 19.6. The molecule has 1 amide bonds. The highest BCUT2D eigenvalue weighted by molar-refractivity contribution is 6.06. The molecule has 0 unspecified atom stereocenters. The fraction of sp³-hybridized carbons (Fsp3) is 0.160. The average Bonchev–Trinajstić information content (AvgIpc) is 2.77. The van der Waals surface area contributed by atoms with E-state index in [-0.39, 0.29) is 11.1 Å². The first-order valence-electron chi connectivity index (χ1n) is 10.00. The van der Waals surface area contributed by atoms with Crippen LogP contribution in [0.15, 0.2) is 77.7 Å². The molecule has 0 radical (unpaired) electrons. The molecule has 0 aliphatic rings. The summed E-state index contributed by atoms with van der Waals surface area (Å²) in [6, 6.07) is 20.9. The van der Waals surface area contributed by atoms with Crippen LogP contribution >= 0.6 is 0 Å². The Bertz CT molecular complexity index is 1270. The number of nitrogens with one attached hydrogen (secondary N) is 1. The second kappa shape index (κ2) is 8.33. The third-order valence-corrected chi connectivity index (χ3v) is 5.20. The van der Waals surface area contributed by atoms with Crippen LogP contribution in [0, 0.1) is 6.92 Å². The minimum absolute atomic E-state index is 0.105. The molecule has 2 aromatic carbocycles. The number of fused-ring (bicyclic) bond motifs is 1.